The third kappa shape index (κ3) is 7.06. The zero-order valence-corrected chi connectivity index (χ0v) is 6.75. The molecule has 0 aliphatic carbocycles. The van der Waals surface area contributed by atoms with Gasteiger partial charge in [0.05, 0.1) is 6.61 Å². The van der Waals surface area contributed by atoms with E-state index < -0.39 is 0 Å². The number of unbranched alkanes of at least 4 members (excludes halogenated alkanes) is 1. The van der Waals surface area contributed by atoms with Gasteiger partial charge in [0.1, 0.15) is 0 Å². The van der Waals surface area contributed by atoms with Gasteiger partial charge >= 0.3 is 5.97 Å². The van der Waals surface area contributed by atoms with Gasteiger partial charge in [-0.05, 0) is 19.8 Å². The second kappa shape index (κ2) is 7.28. The first kappa shape index (κ1) is 10.2. The molecule has 3 nitrogen and oxygen atoms in total. The second-order valence-electron chi connectivity index (χ2n) is 2.10. The molecule has 1 N–H and O–H groups in total. The van der Waals surface area contributed by atoms with Gasteiger partial charge in [-0.25, -0.2) is 4.79 Å². The van der Waals surface area contributed by atoms with Gasteiger partial charge in [0, 0.05) is 12.7 Å². The molecule has 64 valence electrons. The Kier molecular flexibility index (Phi) is 6.73. The van der Waals surface area contributed by atoms with E-state index in [9.17, 15) is 4.79 Å². The Hall–Kier alpha value is -0.830. The van der Waals surface area contributed by atoms with E-state index in [1.165, 1.54) is 6.08 Å². The van der Waals surface area contributed by atoms with E-state index in [0.717, 1.165) is 6.42 Å². The van der Waals surface area contributed by atoms with Crippen LogP contribution in [0.1, 0.15) is 19.8 Å². The van der Waals surface area contributed by atoms with E-state index >= 15 is 0 Å². The van der Waals surface area contributed by atoms with Gasteiger partial charge in [-0.2, -0.15) is 0 Å². The second-order valence-corrected chi connectivity index (χ2v) is 2.10. The Bertz CT molecular complexity index is 129. The average Bonchev–Trinajstić information content (AvgIpc) is 1.99. The van der Waals surface area contributed by atoms with E-state index in [1.807, 2.05) is 0 Å². The van der Waals surface area contributed by atoms with Crippen LogP contribution in [0, 0.1) is 0 Å². The summed E-state index contributed by atoms with van der Waals surface area (Å²) in [6, 6.07) is 0. The normalized spacial score (nSPS) is 10.4. The van der Waals surface area contributed by atoms with Crippen LogP contribution in [0.5, 0.6) is 0 Å². The fraction of sp³-hybridized carbons (Fsp3) is 0.625. The van der Waals surface area contributed by atoms with E-state index in [0.29, 0.717) is 13.0 Å². The quantitative estimate of drug-likeness (QED) is 0.367. The lowest BCUT2D eigenvalue weighted by molar-refractivity contribution is -0.137. The van der Waals surface area contributed by atoms with Crippen LogP contribution in [0.3, 0.4) is 0 Å². The zero-order valence-electron chi connectivity index (χ0n) is 6.75. The summed E-state index contributed by atoms with van der Waals surface area (Å²) in [5.41, 5.74) is 0. The number of hydrogen-bond donors (Lipinski definition) is 1. The number of carbonyl (C=O) groups excluding carboxylic acids is 1. The number of rotatable bonds is 5. The first-order valence-electron chi connectivity index (χ1n) is 3.71. The standard InChI is InChI=1S/C8H14O3/c1-2-5-8(10)11-7-4-3-6-9/h2,5,9H,3-4,6-7H2,1H3/b5-2+. The van der Waals surface area contributed by atoms with Crippen molar-refractivity contribution in [3.63, 3.8) is 0 Å². The molecule has 0 fully saturated rings. The van der Waals surface area contributed by atoms with Crippen LogP contribution < -0.4 is 0 Å². The van der Waals surface area contributed by atoms with Crippen LogP contribution in [0.15, 0.2) is 12.2 Å². The molecular weight excluding hydrogens is 144 g/mol. The van der Waals surface area contributed by atoms with E-state index in [1.54, 1.807) is 13.0 Å². The lowest BCUT2D eigenvalue weighted by Gasteiger charge is -1.98. The lowest BCUT2D eigenvalue weighted by atomic mass is 10.3. The highest BCUT2D eigenvalue weighted by molar-refractivity contribution is 5.81. The largest absolute Gasteiger partial charge is 0.463 e. The van der Waals surface area contributed by atoms with Crippen molar-refractivity contribution in [2.75, 3.05) is 13.2 Å². The van der Waals surface area contributed by atoms with Crippen molar-refractivity contribution < 1.29 is 14.6 Å². The molecule has 0 aromatic heterocycles. The summed E-state index contributed by atoms with van der Waals surface area (Å²) in [6.45, 7) is 2.31. The Labute approximate surface area is 66.7 Å². The summed E-state index contributed by atoms with van der Waals surface area (Å²) < 4.78 is 4.75. The predicted octanol–water partition coefficient (Wildman–Crippen LogP) is 0.878. The highest BCUT2D eigenvalue weighted by atomic mass is 16.5. The van der Waals surface area contributed by atoms with Crippen LogP contribution in [0.2, 0.25) is 0 Å². The van der Waals surface area contributed by atoms with Crippen LogP contribution in [0.4, 0.5) is 0 Å². The molecule has 0 radical (unpaired) electrons. The SMILES string of the molecule is C/C=C/C(=O)OCCCCO. The Morgan fingerprint density at radius 2 is 2.27 bits per heavy atom. The lowest BCUT2D eigenvalue weighted by Crippen LogP contribution is -2.02. The highest BCUT2D eigenvalue weighted by Gasteiger charge is 1.93. The summed E-state index contributed by atoms with van der Waals surface area (Å²) in [5.74, 6) is -0.314. The number of ether oxygens (including phenoxy) is 1. The molecule has 0 amide bonds. The zero-order chi connectivity index (χ0) is 8.53. The number of aliphatic hydroxyl groups is 1. The van der Waals surface area contributed by atoms with Crippen molar-refractivity contribution in [3.8, 4) is 0 Å². The highest BCUT2D eigenvalue weighted by Crippen LogP contribution is 1.89. The van der Waals surface area contributed by atoms with Gasteiger partial charge in [0.25, 0.3) is 0 Å². The molecule has 0 saturated carbocycles. The minimum atomic E-state index is -0.314. The van der Waals surface area contributed by atoms with Crippen molar-refractivity contribution in [3.05, 3.63) is 12.2 Å². The molecule has 0 atom stereocenters. The maximum absolute atomic E-state index is 10.6. The van der Waals surface area contributed by atoms with Crippen molar-refractivity contribution in [2.45, 2.75) is 19.8 Å². The van der Waals surface area contributed by atoms with Crippen LogP contribution in [0.25, 0.3) is 0 Å². The van der Waals surface area contributed by atoms with Gasteiger partial charge in [0.2, 0.25) is 0 Å². The first-order valence-corrected chi connectivity index (χ1v) is 3.71. The molecular formula is C8H14O3. The Balaban J connectivity index is 3.17. The molecule has 0 unspecified atom stereocenters. The molecule has 0 spiro atoms. The smallest absolute Gasteiger partial charge is 0.330 e. The number of aliphatic hydroxyl groups excluding tert-OH is 1. The van der Waals surface area contributed by atoms with Crippen molar-refractivity contribution >= 4 is 5.97 Å². The molecule has 0 aromatic carbocycles. The molecule has 0 bridgehead atoms. The number of allylic oxidation sites excluding steroid dienone is 1. The minimum Gasteiger partial charge on any atom is -0.463 e. The fourth-order valence-corrected chi connectivity index (χ4v) is 0.571. The molecule has 0 aliphatic heterocycles. The third-order valence-electron chi connectivity index (χ3n) is 1.10. The van der Waals surface area contributed by atoms with E-state index in [2.05, 4.69) is 0 Å². The number of carbonyl (C=O) groups is 1. The summed E-state index contributed by atoms with van der Waals surface area (Å²) in [7, 11) is 0. The van der Waals surface area contributed by atoms with E-state index in [4.69, 9.17) is 9.84 Å². The molecule has 0 aromatic rings. The Morgan fingerprint density at radius 3 is 2.82 bits per heavy atom. The van der Waals surface area contributed by atoms with Crippen LogP contribution in [-0.4, -0.2) is 24.3 Å². The topological polar surface area (TPSA) is 46.5 Å². The van der Waals surface area contributed by atoms with Gasteiger partial charge in [0.15, 0.2) is 0 Å². The van der Waals surface area contributed by atoms with E-state index in [-0.39, 0.29) is 12.6 Å². The van der Waals surface area contributed by atoms with Crippen LogP contribution >= 0.6 is 0 Å². The first-order chi connectivity index (χ1) is 5.31. The molecule has 0 rings (SSSR count). The van der Waals surface area contributed by atoms with Gasteiger partial charge in [-0.15, -0.1) is 0 Å². The number of hydrogen-bond acceptors (Lipinski definition) is 3. The van der Waals surface area contributed by atoms with Gasteiger partial charge < -0.3 is 9.84 Å². The molecule has 0 heterocycles. The van der Waals surface area contributed by atoms with Gasteiger partial charge in [-0.1, -0.05) is 6.08 Å². The maximum Gasteiger partial charge on any atom is 0.330 e. The fourth-order valence-electron chi connectivity index (χ4n) is 0.571. The summed E-state index contributed by atoms with van der Waals surface area (Å²) in [4.78, 5) is 10.6. The molecule has 3 heteroatoms. The van der Waals surface area contributed by atoms with Crippen LogP contribution in [-0.2, 0) is 9.53 Å². The third-order valence-corrected chi connectivity index (χ3v) is 1.10. The Morgan fingerprint density at radius 1 is 1.55 bits per heavy atom. The summed E-state index contributed by atoms with van der Waals surface area (Å²) in [6.07, 6.45) is 4.41. The average molecular weight is 158 g/mol. The molecule has 11 heavy (non-hydrogen) atoms. The van der Waals surface area contributed by atoms with Gasteiger partial charge in [-0.3, -0.25) is 0 Å². The van der Waals surface area contributed by atoms with Crippen molar-refractivity contribution in [1.29, 1.82) is 0 Å². The predicted molar refractivity (Wildman–Crippen MR) is 42.1 cm³/mol. The van der Waals surface area contributed by atoms with Crippen molar-refractivity contribution in [1.82, 2.24) is 0 Å². The minimum absolute atomic E-state index is 0.154. The van der Waals surface area contributed by atoms with Crippen molar-refractivity contribution in [2.24, 2.45) is 0 Å². The molecule has 0 aliphatic rings. The number of esters is 1. The monoisotopic (exact) mass is 158 g/mol. The maximum atomic E-state index is 10.6. The summed E-state index contributed by atoms with van der Waals surface area (Å²) in [5, 5.41) is 8.38. The summed E-state index contributed by atoms with van der Waals surface area (Å²) >= 11 is 0. The molecule has 0 saturated heterocycles.